The molecular weight excluding hydrogens is 226 g/mol. The highest BCUT2D eigenvalue weighted by Crippen LogP contribution is 2.08. The second-order valence-corrected chi connectivity index (χ2v) is 5.73. The number of unbranched alkanes of at least 4 members (excludes halogenated alkanes) is 3. The van der Waals surface area contributed by atoms with Gasteiger partial charge >= 0.3 is 0 Å². The molecule has 3 heteroatoms. The molecule has 3 nitrogen and oxygen atoms in total. The molecule has 0 spiro atoms. The van der Waals surface area contributed by atoms with E-state index in [1.165, 1.54) is 0 Å². The molecule has 0 aromatic rings. The van der Waals surface area contributed by atoms with E-state index in [-0.39, 0.29) is 11.8 Å². The normalized spacial score (nSPS) is 11.0. The lowest BCUT2D eigenvalue weighted by Crippen LogP contribution is -2.26. The molecule has 0 unspecified atom stereocenters. The molecule has 0 aromatic heterocycles. The van der Waals surface area contributed by atoms with Gasteiger partial charge in [0.25, 0.3) is 0 Å². The molecule has 0 aromatic carbocycles. The number of hydrogen-bond acceptors (Lipinski definition) is 2. The van der Waals surface area contributed by atoms with E-state index in [4.69, 9.17) is 0 Å². The summed E-state index contributed by atoms with van der Waals surface area (Å²) in [5.74, 6) is 1.18. The first-order chi connectivity index (χ1) is 8.43. The van der Waals surface area contributed by atoms with Gasteiger partial charge in [-0.05, 0) is 18.8 Å². The predicted octanol–water partition coefficient (Wildman–Crippen LogP) is 3.32. The SMILES string of the molecule is CC(C)CNC(=O)CCCCCCC(=O)C(C)C. The highest BCUT2D eigenvalue weighted by atomic mass is 16.1. The van der Waals surface area contributed by atoms with Crippen molar-refractivity contribution in [1.29, 1.82) is 0 Å². The maximum absolute atomic E-state index is 11.4. The molecule has 0 fully saturated rings. The van der Waals surface area contributed by atoms with Crippen LogP contribution in [-0.4, -0.2) is 18.2 Å². The fraction of sp³-hybridized carbons (Fsp3) is 0.867. The van der Waals surface area contributed by atoms with Crippen LogP contribution in [0.5, 0.6) is 0 Å². The van der Waals surface area contributed by atoms with Gasteiger partial charge in [-0.15, -0.1) is 0 Å². The lowest BCUT2D eigenvalue weighted by atomic mass is 10.0. The van der Waals surface area contributed by atoms with Gasteiger partial charge in [0.2, 0.25) is 5.91 Å². The van der Waals surface area contributed by atoms with Crippen molar-refractivity contribution in [3.05, 3.63) is 0 Å². The van der Waals surface area contributed by atoms with Gasteiger partial charge in [-0.2, -0.15) is 0 Å². The zero-order valence-corrected chi connectivity index (χ0v) is 12.4. The van der Waals surface area contributed by atoms with Crippen molar-refractivity contribution >= 4 is 11.7 Å². The second kappa shape index (κ2) is 10.1. The predicted molar refractivity (Wildman–Crippen MR) is 75.4 cm³/mol. The van der Waals surface area contributed by atoms with E-state index in [9.17, 15) is 9.59 Å². The van der Waals surface area contributed by atoms with Gasteiger partial charge in [0, 0.05) is 25.3 Å². The topological polar surface area (TPSA) is 46.2 Å². The fourth-order valence-electron chi connectivity index (χ4n) is 1.63. The monoisotopic (exact) mass is 255 g/mol. The van der Waals surface area contributed by atoms with Gasteiger partial charge in [-0.25, -0.2) is 0 Å². The lowest BCUT2D eigenvalue weighted by Gasteiger charge is -2.07. The number of hydrogen-bond donors (Lipinski definition) is 1. The Hall–Kier alpha value is -0.860. The van der Waals surface area contributed by atoms with Crippen LogP contribution in [0.25, 0.3) is 0 Å². The third kappa shape index (κ3) is 10.3. The molecule has 0 heterocycles. The Balaban J connectivity index is 3.35. The summed E-state index contributed by atoms with van der Waals surface area (Å²) in [5.41, 5.74) is 0. The number of carbonyl (C=O) groups is 2. The van der Waals surface area contributed by atoms with Crippen LogP contribution in [0.4, 0.5) is 0 Å². The van der Waals surface area contributed by atoms with Gasteiger partial charge in [0.1, 0.15) is 5.78 Å². The van der Waals surface area contributed by atoms with Crippen LogP contribution in [0.3, 0.4) is 0 Å². The standard InChI is InChI=1S/C15H29NO2/c1-12(2)11-16-15(18)10-8-6-5-7-9-14(17)13(3)4/h12-13H,5-11H2,1-4H3,(H,16,18). The third-order valence-electron chi connectivity index (χ3n) is 2.93. The molecule has 0 atom stereocenters. The first kappa shape index (κ1) is 17.1. The quantitative estimate of drug-likeness (QED) is 0.609. The maximum Gasteiger partial charge on any atom is 0.220 e. The van der Waals surface area contributed by atoms with Gasteiger partial charge in [-0.3, -0.25) is 9.59 Å². The molecule has 1 amide bonds. The average molecular weight is 255 g/mol. The summed E-state index contributed by atoms with van der Waals surface area (Å²) in [6, 6.07) is 0. The number of nitrogens with one attached hydrogen (secondary N) is 1. The van der Waals surface area contributed by atoms with Gasteiger partial charge in [-0.1, -0.05) is 40.5 Å². The van der Waals surface area contributed by atoms with Crippen LogP contribution in [0.2, 0.25) is 0 Å². The van der Waals surface area contributed by atoms with Crippen molar-refractivity contribution in [3.63, 3.8) is 0 Å². The van der Waals surface area contributed by atoms with Gasteiger partial charge in [0.15, 0.2) is 0 Å². The number of Topliss-reactive ketones (excluding diaryl/α,β-unsaturated/α-hetero) is 1. The van der Waals surface area contributed by atoms with Crippen molar-refractivity contribution in [2.24, 2.45) is 11.8 Å². The van der Waals surface area contributed by atoms with E-state index in [1.54, 1.807) is 0 Å². The Morgan fingerprint density at radius 3 is 1.94 bits per heavy atom. The molecule has 0 saturated carbocycles. The number of ketones is 1. The summed E-state index contributed by atoms with van der Waals surface area (Å²) < 4.78 is 0. The van der Waals surface area contributed by atoms with Crippen LogP contribution in [-0.2, 0) is 9.59 Å². The third-order valence-corrected chi connectivity index (χ3v) is 2.93. The highest BCUT2D eigenvalue weighted by Gasteiger charge is 2.06. The van der Waals surface area contributed by atoms with Crippen molar-refractivity contribution < 1.29 is 9.59 Å². The van der Waals surface area contributed by atoms with Crippen LogP contribution >= 0.6 is 0 Å². The first-order valence-electron chi connectivity index (χ1n) is 7.23. The van der Waals surface area contributed by atoms with Crippen LogP contribution in [0.15, 0.2) is 0 Å². The molecule has 0 bridgehead atoms. The number of rotatable bonds is 10. The van der Waals surface area contributed by atoms with Crippen molar-refractivity contribution in [3.8, 4) is 0 Å². The van der Waals surface area contributed by atoms with E-state index in [2.05, 4.69) is 19.2 Å². The zero-order chi connectivity index (χ0) is 14.0. The summed E-state index contributed by atoms with van der Waals surface area (Å²) in [7, 11) is 0. The molecule has 106 valence electrons. The lowest BCUT2D eigenvalue weighted by molar-refractivity contribution is -0.122. The Morgan fingerprint density at radius 1 is 0.889 bits per heavy atom. The van der Waals surface area contributed by atoms with E-state index >= 15 is 0 Å². The Bertz CT molecular complexity index is 247. The van der Waals surface area contributed by atoms with Crippen molar-refractivity contribution in [1.82, 2.24) is 5.32 Å². The molecular formula is C15H29NO2. The van der Waals surface area contributed by atoms with Crippen molar-refractivity contribution in [2.75, 3.05) is 6.54 Å². The summed E-state index contributed by atoms with van der Waals surface area (Å²) >= 11 is 0. The van der Waals surface area contributed by atoms with Crippen molar-refractivity contribution in [2.45, 2.75) is 66.2 Å². The van der Waals surface area contributed by atoms with E-state index in [1.807, 2.05) is 13.8 Å². The Labute approximate surface area is 112 Å². The largest absolute Gasteiger partial charge is 0.356 e. The summed E-state index contributed by atoms with van der Waals surface area (Å²) in [6.07, 6.45) is 5.29. The molecule has 0 aliphatic carbocycles. The Kier molecular flexibility index (Phi) is 9.62. The molecule has 0 aliphatic rings. The molecule has 0 radical (unpaired) electrons. The summed E-state index contributed by atoms with van der Waals surface area (Å²) in [6.45, 7) is 8.84. The van der Waals surface area contributed by atoms with Crippen LogP contribution in [0, 0.1) is 11.8 Å². The smallest absolute Gasteiger partial charge is 0.220 e. The van der Waals surface area contributed by atoms with E-state index in [0.29, 0.717) is 24.5 Å². The summed E-state index contributed by atoms with van der Waals surface area (Å²) in [5, 5.41) is 2.91. The number of carbonyl (C=O) groups excluding carboxylic acids is 2. The zero-order valence-electron chi connectivity index (χ0n) is 12.4. The van der Waals surface area contributed by atoms with E-state index < -0.39 is 0 Å². The minimum absolute atomic E-state index is 0.155. The van der Waals surface area contributed by atoms with Gasteiger partial charge < -0.3 is 5.32 Å². The molecule has 18 heavy (non-hydrogen) atoms. The van der Waals surface area contributed by atoms with Gasteiger partial charge in [0.05, 0.1) is 0 Å². The maximum atomic E-state index is 11.4. The minimum atomic E-state index is 0.155. The molecule has 1 N–H and O–H groups in total. The molecule has 0 saturated heterocycles. The second-order valence-electron chi connectivity index (χ2n) is 5.73. The number of amides is 1. The fourth-order valence-corrected chi connectivity index (χ4v) is 1.63. The molecule has 0 aliphatic heterocycles. The Morgan fingerprint density at radius 2 is 1.44 bits per heavy atom. The average Bonchev–Trinajstić information content (AvgIpc) is 2.30. The molecule has 0 rings (SSSR count). The minimum Gasteiger partial charge on any atom is -0.356 e. The highest BCUT2D eigenvalue weighted by molar-refractivity contribution is 5.80. The first-order valence-corrected chi connectivity index (χ1v) is 7.23. The summed E-state index contributed by atoms with van der Waals surface area (Å²) in [4.78, 5) is 22.8. The van der Waals surface area contributed by atoms with Crippen LogP contribution in [0.1, 0.15) is 66.2 Å². The van der Waals surface area contributed by atoms with E-state index in [0.717, 1.165) is 32.2 Å². The van der Waals surface area contributed by atoms with Crippen LogP contribution < -0.4 is 5.32 Å².